The number of hydrogen-bond acceptors (Lipinski definition) is 4. The Labute approximate surface area is 135 Å². The van der Waals surface area contributed by atoms with Gasteiger partial charge in [0.25, 0.3) is 15.0 Å². The summed E-state index contributed by atoms with van der Waals surface area (Å²) in [6.45, 7) is 8.04. The largest absolute Gasteiger partial charge is 0.476 e. The highest BCUT2D eigenvalue weighted by atomic mass is 35.7. The molecule has 0 radical (unpaired) electrons. The first kappa shape index (κ1) is 17.1. The summed E-state index contributed by atoms with van der Waals surface area (Å²) in [4.78, 5) is 14.1. The van der Waals surface area contributed by atoms with Crippen molar-refractivity contribution in [2.24, 2.45) is 5.92 Å². The van der Waals surface area contributed by atoms with Gasteiger partial charge in [-0.1, -0.05) is 13.8 Å². The third-order valence-electron chi connectivity index (χ3n) is 3.56. The number of carbonyl (C=O) groups is 1. The Morgan fingerprint density at radius 1 is 1.32 bits per heavy atom. The van der Waals surface area contributed by atoms with E-state index >= 15 is 0 Å². The Morgan fingerprint density at radius 3 is 2.50 bits per heavy atom. The van der Waals surface area contributed by atoms with Crippen molar-refractivity contribution in [1.29, 1.82) is 0 Å². The SMILES string of the molecule is CC(C)CCN1C(=O)C(C)(C)Oc2ccc(S(=O)(=O)Cl)cc21. The minimum atomic E-state index is -3.86. The molecule has 0 atom stereocenters. The second-order valence-corrected chi connectivity index (χ2v) is 8.89. The van der Waals surface area contributed by atoms with Crippen molar-refractivity contribution in [3.05, 3.63) is 18.2 Å². The number of amides is 1. The summed E-state index contributed by atoms with van der Waals surface area (Å²) in [5.41, 5.74) is -0.530. The number of hydrogen-bond donors (Lipinski definition) is 0. The number of ether oxygens (including phenoxy) is 1. The minimum absolute atomic E-state index is 0.0430. The van der Waals surface area contributed by atoms with E-state index in [0.717, 1.165) is 6.42 Å². The van der Waals surface area contributed by atoms with E-state index in [0.29, 0.717) is 23.9 Å². The lowest BCUT2D eigenvalue weighted by Gasteiger charge is -2.39. The maximum Gasteiger partial charge on any atom is 0.270 e. The van der Waals surface area contributed by atoms with E-state index in [1.54, 1.807) is 24.8 Å². The van der Waals surface area contributed by atoms with Crippen LogP contribution in [-0.2, 0) is 13.8 Å². The standard InChI is InChI=1S/C15H20ClNO4S/c1-10(2)7-8-17-12-9-11(22(16,19)20)5-6-13(12)21-15(3,4)14(17)18/h5-6,9-10H,7-8H2,1-4H3. The summed E-state index contributed by atoms with van der Waals surface area (Å²) in [6.07, 6.45) is 0.805. The number of nitrogens with zero attached hydrogens (tertiary/aromatic N) is 1. The van der Waals surface area contributed by atoms with Crippen LogP contribution < -0.4 is 9.64 Å². The highest BCUT2D eigenvalue weighted by molar-refractivity contribution is 8.13. The number of benzene rings is 1. The van der Waals surface area contributed by atoms with Gasteiger partial charge in [0, 0.05) is 17.2 Å². The molecule has 122 valence electrons. The van der Waals surface area contributed by atoms with Crippen LogP contribution in [0.5, 0.6) is 5.75 Å². The van der Waals surface area contributed by atoms with E-state index in [2.05, 4.69) is 13.8 Å². The number of fused-ring (bicyclic) bond motifs is 1. The Balaban J connectivity index is 2.51. The van der Waals surface area contributed by atoms with Crippen molar-refractivity contribution >= 4 is 31.3 Å². The highest BCUT2D eigenvalue weighted by Crippen LogP contribution is 2.39. The van der Waals surface area contributed by atoms with Crippen molar-refractivity contribution < 1.29 is 17.9 Å². The molecule has 1 aliphatic rings. The molecule has 0 fully saturated rings. The van der Waals surface area contributed by atoms with Crippen LogP contribution in [0.2, 0.25) is 0 Å². The zero-order valence-corrected chi connectivity index (χ0v) is 14.7. The smallest absolute Gasteiger partial charge is 0.270 e. The molecule has 7 heteroatoms. The lowest BCUT2D eigenvalue weighted by Crippen LogP contribution is -2.52. The molecule has 1 aliphatic heterocycles. The summed E-state index contributed by atoms with van der Waals surface area (Å²) in [6, 6.07) is 4.32. The molecule has 1 amide bonds. The van der Waals surface area contributed by atoms with Gasteiger partial charge in [-0.25, -0.2) is 8.42 Å². The quantitative estimate of drug-likeness (QED) is 0.786. The molecule has 0 spiro atoms. The average molecular weight is 346 g/mol. The summed E-state index contributed by atoms with van der Waals surface area (Å²) in [7, 11) is 1.54. The van der Waals surface area contributed by atoms with Crippen LogP contribution in [0.25, 0.3) is 0 Å². The molecule has 5 nitrogen and oxygen atoms in total. The Bertz CT molecular complexity index is 697. The van der Waals surface area contributed by atoms with Crippen LogP contribution in [0.15, 0.2) is 23.1 Å². The van der Waals surface area contributed by atoms with Crippen LogP contribution in [0.4, 0.5) is 5.69 Å². The molecule has 0 unspecified atom stereocenters. The van der Waals surface area contributed by atoms with Gasteiger partial charge in [-0.3, -0.25) is 4.79 Å². The molecule has 0 N–H and O–H groups in total. The molecular formula is C15H20ClNO4S. The fraction of sp³-hybridized carbons (Fsp3) is 0.533. The zero-order chi connectivity index (χ0) is 16.7. The number of rotatable bonds is 4. The molecule has 2 rings (SSSR count). The van der Waals surface area contributed by atoms with E-state index in [1.165, 1.54) is 12.1 Å². The maximum atomic E-state index is 12.6. The molecule has 0 saturated carbocycles. The van der Waals surface area contributed by atoms with E-state index in [4.69, 9.17) is 15.4 Å². The van der Waals surface area contributed by atoms with Crippen LogP contribution in [0.1, 0.15) is 34.1 Å². The normalized spacial score (nSPS) is 17.4. The van der Waals surface area contributed by atoms with Gasteiger partial charge in [-0.05, 0) is 44.4 Å². The lowest BCUT2D eigenvalue weighted by molar-refractivity contribution is -0.132. The highest BCUT2D eigenvalue weighted by Gasteiger charge is 2.41. The zero-order valence-electron chi connectivity index (χ0n) is 13.1. The van der Waals surface area contributed by atoms with Gasteiger partial charge in [0.1, 0.15) is 5.75 Å². The first-order chi connectivity index (χ1) is 10.0. The Hall–Kier alpha value is -1.27. The molecule has 1 heterocycles. The first-order valence-corrected chi connectivity index (χ1v) is 9.43. The van der Waals surface area contributed by atoms with Crippen molar-refractivity contribution in [2.45, 2.75) is 44.6 Å². The lowest BCUT2D eigenvalue weighted by atomic mass is 10.0. The number of halogens is 1. The molecule has 1 aromatic carbocycles. The van der Waals surface area contributed by atoms with Crippen molar-refractivity contribution in [2.75, 3.05) is 11.4 Å². The summed E-state index contributed by atoms with van der Waals surface area (Å²) in [5.74, 6) is 0.712. The van der Waals surface area contributed by atoms with Gasteiger partial charge >= 0.3 is 0 Å². The van der Waals surface area contributed by atoms with Gasteiger partial charge in [-0.2, -0.15) is 0 Å². The minimum Gasteiger partial charge on any atom is -0.476 e. The van der Waals surface area contributed by atoms with E-state index in [9.17, 15) is 13.2 Å². The third kappa shape index (κ3) is 3.38. The molecule has 0 aliphatic carbocycles. The molecule has 22 heavy (non-hydrogen) atoms. The summed E-state index contributed by atoms with van der Waals surface area (Å²) < 4.78 is 28.8. The van der Waals surface area contributed by atoms with Crippen LogP contribution in [-0.4, -0.2) is 26.5 Å². The number of anilines is 1. The third-order valence-corrected chi connectivity index (χ3v) is 4.91. The monoisotopic (exact) mass is 345 g/mol. The van der Waals surface area contributed by atoms with Crippen molar-refractivity contribution in [3.63, 3.8) is 0 Å². The topological polar surface area (TPSA) is 63.7 Å². The molecule has 0 aromatic heterocycles. The Kier molecular flexibility index (Phi) is 4.46. The van der Waals surface area contributed by atoms with Gasteiger partial charge in [0.15, 0.2) is 5.60 Å². The molecule has 1 aromatic rings. The Morgan fingerprint density at radius 2 is 1.95 bits per heavy atom. The summed E-state index contributed by atoms with van der Waals surface area (Å²) in [5, 5.41) is 0. The maximum absolute atomic E-state index is 12.6. The van der Waals surface area contributed by atoms with Gasteiger partial charge < -0.3 is 9.64 Å². The predicted octanol–water partition coefficient (Wildman–Crippen LogP) is 3.16. The fourth-order valence-electron chi connectivity index (χ4n) is 2.31. The van der Waals surface area contributed by atoms with Crippen molar-refractivity contribution in [3.8, 4) is 5.75 Å². The average Bonchev–Trinajstić information content (AvgIpc) is 2.37. The molecule has 0 bridgehead atoms. The number of carbonyl (C=O) groups excluding carboxylic acids is 1. The molecule has 0 saturated heterocycles. The van der Waals surface area contributed by atoms with E-state index < -0.39 is 14.7 Å². The second-order valence-electron chi connectivity index (χ2n) is 6.32. The first-order valence-electron chi connectivity index (χ1n) is 7.12. The van der Waals surface area contributed by atoms with Gasteiger partial charge in [0.2, 0.25) is 0 Å². The van der Waals surface area contributed by atoms with E-state index in [-0.39, 0.29) is 10.8 Å². The van der Waals surface area contributed by atoms with E-state index in [1.807, 2.05) is 0 Å². The van der Waals surface area contributed by atoms with Crippen molar-refractivity contribution in [1.82, 2.24) is 0 Å². The fourth-order valence-corrected chi connectivity index (χ4v) is 3.08. The second kappa shape index (κ2) is 5.74. The van der Waals surface area contributed by atoms with Crippen LogP contribution in [0.3, 0.4) is 0 Å². The van der Waals surface area contributed by atoms with Crippen LogP contribution in [0, 0.1) is 5.92 Å². The van der Waals surface area contributed by atoms with Crippen LogP contribution >= 0.6 is 10.7 Å². The molecular weight excluding hydrogens is 326 g/mol. The van der Waals surface area contributed by atoms with Gasteiger partial charge in [0.05, 0.1) is 10.6 Å². The predicted molar refractivity (Wildman–Crippen MR) is 86.0 cm³/mol. The summed E-state index contributed by atoms with van der Waals surface area (Å²) >= 11 is 0. The van der Waals surface area contributed by atoms with Gasteiger partial charge in [-0.15, -0.1) is 0 Å².